The molecule has 2 aromatic rings. The summed E-state index contributed by atoms with van der Waals surface area (Å²) in [5, 5.41) is -0.414. The molecule has 3 amide bonds. The van der Waals surface area contributed by atoms with E-state index in [0.717, 1.165) is 65.8 Å². The number of likely N-dealkylation sites (tertiary alicyclic amines) is 1. The van der Waals surface area contributed by atoms with Crippen molar-refractivity contribution in [1.82, 2.24) is 9.80 Å². The summed E-state index contributed by atoms with van der Waals surface area (Å²) >= 11 is 0.870. The Morgan fingerprint density at radius 1 is 1.03 bits per heavy atom. The summed E-state index contributed by atoms with van der Waals surface area (Å²) in [6, 6.07) is 15.8. The van der Waals surface area contributed by atoms with Crippen LogP contribution in [0.2, 0.25) is 0 Å². The molecule has 0 saturated carbocycles. The molecular formula is C28H33N3O4S. The van der Waals surface area contributed by atoms with Gasteiger partial charge in [-0.1, -0.05) is 30.3 Å². The number of hydrogen-bond acceptors (Lipinski definition) is 6. The molecule has 2 aliphatic rings. The zero-order chi connectivity index (χ0) is 25.5. The predicted octanol–water partition coefficient (Wildman–Crippen LogP) is 5.16. The Balaban J connectivity index is 1.55. The number of piperidine rings is 1. The molecule has 0 N–H and O–H groups in total. The summed E-state index contributed by atoms with van der Waals surface area (Å²) in [4.78, 5) is 43.7. The largest absolute Gasteiger partial charge is 0.488 e. The lowest BCUT2D eigenvalue weighted by Gasteiger charge is -2.27. The van der Waals surface area contributed by atoms with Gasteiger partial charge in [0.2, 0.25) is 5.91 Å². The number of carbonyl (C=O) groups excluding carboxylic acids is 3. The van der Waals surface area contributed by atoms with Crippen LogP contribution in [0.1, 0.15) is 44.2 Å². The summed E-state index contributed by atoms with van der Waals surface area (Å²) < 4.78 is 6.20. The predicted molar refractivity (Wildman–Crippen MR) is 144 cm³/mol. The van der Waals surface area contributed by atoms with Crippen LogP contribution < -0.4 is 9.64 Å². The van der Waals surface area contributed by atoms with Crippen LogP contribution in [0, 0.1) is 0 Å². The lowest BCUT2D eigenvalue weighted by Crippen LogP contribution is -2.44. The monoisotopic (exact) mass is 507 g/mol. The van der Waals surface area contributed by atoms with Crippen LogP contribution in [0.3, 0.4) is 0 Å². The van der Waals surface area contributed by atoms with Gasteiger partial charge in [-0.3, -0.25) is 19.3 Å². The zero-order valence-corrected chi connectivity index (χ0v) is 21.8. The van der Waals surface area contributed by atoms with Crippen molar-refractivity contribution in [3.8, 4) is 5.75 Å². The molecule has 36 heavy (non-hydrogen) atoms. The second-order valence-electron chi connectivity index (χ2n) is 8.88. The standard InChI is InChI=1S/C28H33N3O4S/c1-3-29(4-2)23-14-13-22(24(18-23)35-20-21-11-7-5-8-12-21)17-25-27(33)31(28(34)36-25)19-26(32)30-15-9-6-10-16-30/h5,7-8,11-14,17-18H,3-4,6,9-10,15-16,19-20H2,1-2H3/b25-17-. The van der Waals surface area contributed by atoms with Gasteiger partial charge in [0.25, 0.3) is 11.1 Å². The fourth-order valence-corrected chi connectivity index (χ4v) is 5.27. The lowest BCUT2D eigenvalue weighted by molar-refractivity contribution is -0.136. The number of benzene rings is 2. The van der Waals surface area contributed by atoms with Crippen LogP contribution in [0.4, 0.5) is 10.5 Å². The highest BCUT2D eigenvalue weighted by Crippen LogP contribution is 2.35. The van der Waals surface area contributed by atoms with Crippen LogP contribution in [-0.4, -0.2) is 59.6 Å². The first-order valence-corrected chi connectivity index (χ1v) is 13.4. The Morgan fingerprint density at radius 3 is 2.44 bits per heavy atom. The van der Waals surface area contributed by atoms with E-state index < -0.39 is 11.1 Å². The molecule has 2 heterocycles. The van der Waals surface area contributed by atoms with Gasteiger partial charge in [0, 0.05) is 43.5 Å². The van der Waals surface area contributed by atoms with Gasteiger partial charge in [-0.25, -0.2) is 0 Å². The molecule has 0 aliphatic carbocycles. The molecular weight excluding hydrogens is 474 g/mol. The van der Waals surface area contributed by atoms with E-state index in [-0.39, 0.29) is 12.5 Å². The first-order valence-electron chi connectivity index (χ1n) is 12.6. The molecule has 2 fully saturated rings. The molecule has 4 rings (SSSR count). The maximum Gasteiger partial charge on any atom is 0.294 e. The molecule has 0 atom stereocenters. The molecule has 7 nitrogen and oxygen atoms in total. The highest BCUT2D eigenvalue weighted by atomic mass is 32.2. The van der Waals surface area contributed by atoms with Gasteiger partial charge in [0.1, 0.15) is 18.9 Å². The van der Waals surface area contributed by atoms with Crippen molar-refractivity contribution in [2.45, 2.75) is 39.7 Å². The van der Waals surface area contributed by atoms with Crippen molar-refractivity contribution in [2.24, 2.45) is 0 Å². The van der Waals surface area contributed by atoms with Crippen molar-refractivity contribution in [1.29, 1.82) is 0 Å². The molecule has 2 aromatic carbocycles. The quantitative estimate of drug-likeness (QED) is 0.437. The smallest absolute Gasteiger partial charge is 0.294 e. The van der Waals surface area contributed by atoms with Gasteiger partial charge in [-0.15, -0.1) is 0 Å². The minimum absolute atomic E-state index is 0.172. The van der Waals surface area contributed by atoms with Crippen LogP contribution >= 0.6 is 11.8 Å². The second kappa shape index (κ2) is 12.1. The van der Waals surface area contributed by atoms with E-state index in [1.807, 2.05) is 48.5 Å². The molecule has 2 saturated heterocycles. The number of hydrogen-bond donors (Lipinski definition) is 0. The van der Waals surface area contributed by atoms with Crippen LogP contribution in [0.25, 0.3) is 6.08 Å². The topological polar surface area (TPSA) is 70.2 Å². The Morgan fingerprint density at radius 2 is 1.75 bits per heavy atom. The van der Waals surface area contributed by atoms with Gasteiger partial charge in [0.15, 0.2) is 0 Å². The first kappa shape index (κ1) is 25.8. The van der Waals surface area contributed by atoms with Crippen molar-refractivity contribution in [3.63, 3.8) is 0 Å². The fraction of sp³-hybridized carbons (Fsp3) is 0.393. The number of ether oxygens (including phenoxy) is 1. The van der Waals surface area contributed by atoms with E-state index >= 15 is 0 Å². The number of rotatable bonds is 9. The van der Waals surface area contributed by atoms with Gasteiger partial charge >= 0.3 is 0 Å². The summed E-state index contributed by atoms with van der Waals surface area (Å²) in [6.45, 7) is 7.47. The van der Waals surface area contributed by atoms with E-state index in [2.05, 4.69) is 18.7 Å². The SMILES string of the molecule is CCN(CC)c1ccc(/C=C2\SC(=O)N(CC(=O)N3CCCCC3)C2=O)c(OCc2ccccc2)c1. The molecule has 0 spiro atoms. The third kappa shape index (κ3) is 6.10. The number of carbonyl (C=O) groups is 3. The summed E-state index contributed by atoms with van der Waals surface area (Å²) in [6.07, 6.45) is 4.73. The van der Waals surface area contributed by atoms with E-state index in [1.165, 1.54) is 0 Å². The summed E-state index contributed by atoms with van der Waals surface area (Å²) in [7, 11) is 0. The van der Waals surface area contributed by atoms with Crippen LogP contribution in [0.5, 0.6) is 5.75 Å². The zero-order valence-electron chi connectivity index (χ0n) is 20.9. The lowest BCUT2D eigenvalue weighted by atomic mass is 10.1. The van der Waals surface area contributed by atoms with E-state index in [1.54, 1.807) is 11.0 Å². The number of anilines is 1. The first-order chi connectivity index (χ1) is 17.5. The average Bonchev–Trinajstić information content (AvgIpc) is 3.17. The maximum atomic E-state index is 13.1. The van der Waals surface area contributed by atoms with Crippen molar-refractivity contribution in [3.05, 3.63) is 64.6 Å². The average molecular weight is 508 g/mol. The van der Waals surface area contributed by atoms with E-state index in [9.17, 15) is 14.4 Å². The molecule has 8 heteroatoms. The molecule has 0 aromatic heterocycles. The molecule has 0 radical (unpaired) electrons. The van der Waals surface area contributed by atoms with E-state index in [0.29, 0.717) is 30.4 Å². The van der Waals surface area contributed by atoms with Crippen molar-refractivity contribution in [2.75, 3.05) is 37.6 Å². The van der Waals surface area contributed by atoms with Crippen molar-refractivity contribution < 1.29 is 19.1 Å². The molecule has 190 valence electrons. The third-order valence-electron chi connectivity index (χ3n) is 6.53. The Labute approximate surface area is 217 Å². The second-order valence-corrected chi connectivity index (χ2v) is 9.87. The Hall–Kier alpha value is -3.26. The summed E-state index contributed by atoms with van der Waals surface area (Å²) in [5.41, 5.74) is 2.78. The molecule has 2 aliphatic heterocycles. The fourth-order valence-electron chi connectivity index (χ4n) is 4.44. The number of imide groups is 1. The molecule has 0 unspecified atom stereocenters. The number of nitrogens with zero attached hydrogens (tertiary/aromatic N) is 3. The highest BCUT2D eigenvalue weighted by Gasteiger charge is 2.37. The van der Waals surface area contributed by atoms with Crippen LogP contribution in [0.15, 0.2) is 53.4 Å². The maximum absolute atomic E-state index is 13.1. The number of amides is 3. The van der Waals surface area contributed by atoms with Crippen molar-refractivity contribution >= 4 is 40.6 Å². The van der Waals surface area contributed by atoms with Gasteiger partial charge in [-0.05, 0) is 68.6 Å². The Bertz CT molecular complexity index is 1120. The third-order valence-corrected chi connectivity index (χ3v) is 7.43. The minimum Gasteiger partial charge on any atom is -0.488 e. The van der Waals surface area contributed by atoms with Gasteiger partial charge in [-0.2, -0.15) is 0 Å². The van der Waals surface area contributed by atoms with Gasteiger partial charge in [0.05, 0.1) is 4.91 Å². The molecule has 0 bridgehead atoms. The summed E-state index contributed by atoms with van der Waals surface area (Å²) in [5.74, 6) is 0.0327. The highest BCUT2D eigenvalue weighted by molar-refractivity contribution is 8.18. The van der Waals surface area contributed by atoms with E-state index in [4.69, 9.17) is 4.74 Å². The Kier molecular flexibility index (Phi) is 8.70. The number of thioether (sulfide) groups is 1. The van der Waals surface area contributed by atoms with Gasteiger partial charge < -0.3 is 14.5 Å². The van der Waals surface area contributed by atoms with Crippen LogP contribution in [-0.2, 0) is 16.2 Å². The normalized spacial score (nSPS) is 17.1. The minimum atomic E-state index is -0.433.